The fourth-order valence-corrected chi connectivity index (χ4v) is 1.94. The number of hydrogen-bond donors (Lipinski definition) is 0. The van der Waals surface area contributed by atoms with Gasteiger partial charge in [-0.15, -0.1) is 0 Å². The van der Waals surface area contributed by atoms with Crippen LogP contribution in [0.5, 0.6) is 0 Å². The van der Waals surface area contributed by atoms with Crippen molar-refractivity contribution in [1.29, 1.82) is 0 Å². The van der Waals surface area contributed by atoms with Gasteiger partial charge in [-0.3, -0.25) is 0 Å². The van der Waals surface area contributed by atoms with E-state index in [1.54, 1.807) is 6.07 Å². The molecule has 15 heavy (non-hydrogen) atoms. The molecule has 0 heterocycles. The Kier molecular flexibility index (Phi) is 4.73. The molecule has 0 N–H and O–H groups in total. The zero-order chi connectivity index (χ0) is 11.3. The molecule has 0 aliphatic rings. The van der Waals surface area contributed by atoms with Gasteiger partial charge in [-0.1, -0.05) is 32.8 Å². The van der Waals surface area contributed by atoms with Gasteiger partial charge in [0.2, 0.25) is 0 Å². The van der Waals surface area contributed by atoms with Gasteiger partial charge < -0.3 is 0 Å². The van der Waals surface area contributed by atoms with Crippen LogP contribution in [0.3, 0.4) is 0 Å². The smallest absolute Gasteiger partial charge is 0.159 e. The SMILES string of the molecule is CCCC(CCC)c1ccc(F)c(F)c1. The molecule has 1 aromatic rings. The fraction of sp³-hybridized carbons (Fsp3) is 0.538. The molecule has 0 atom stereocenters. The molecule has 84 valence electrons. The Morgan fingerprint density at radius 3 is 2.07 bits per heavy atom. The monoisotopic (exact) mass is 212 g/mol. The van der Waals surface area contributed by atoms with Gasteiger partial charge in [0.1, 0.15) is 0 Å². The Morgan fingerprint density at radius 2 is 1.60 bits per heavy atom. The van der Waals surface area contributed by atoms with Crippen molar-refractivity contribution in [2.75, 3.05) is 0 Å². The quantitative estimate of drug-likeness (QED) is 0.666. The van der Waals surface area contributed by atoms with Crippen LogP contribution >= 0.6 is 0 Å². The molecule has 0 spiro atoms. The van der Waals surface area contributed by atoms with E-state index in [-0.39, 0.29) is 0 Å². The highest BCUT2D eigenvalue weighted by atomic mass is 19.2. The first kappa shape index (κ1) is 12.2. The average Bonchev–Trinajstić information content (AvgIpc) is 2.22. The summed E-state index contributed by atoms with van der Waals surface area (Å²) >= 11 is 0. The van der Waals surface area contributed by atoms with E-state index in [9.17, 15) is 8.78 Å². The molecule has 0 saturated carbocycles. The third-order valence-corrected chi connectivity index (χ3v) is 2.69. The second-order valence-electron chi connectivity index (χ2n) is 3.95. The maximum Gasteiger partial charge on any atom is 0.159 e. The molecule has 2 heteroatoms. The minimum absolute atomic E-state index is 0.370. The fourth-order valence-electron chi connectivity index (χ4n) is 1.94. The van der Waals surface area contributed by atoms with E-state index < -0.39 is 11.6 Å². The summed E-state index contributed by atoms with van der Waals surface area (Å²) in [5.41, 5.74) is 0.928. The first-order valence-corrected chi connectivity index (χ1v) is 5.64. The van der Waals surface area contributed by atoms with E-state index in [1.807, 2.05) is 0 Å². The van der Waals surface area contributed by atoms with Crippen molar-refractivity contribution in [2.45, 2.75) is 45.4 Å². The standard InChI is InChI=1S/C13H18F2/c1-3-5-10(6-4-2)11-7-8-12(14)13(15)9-11/h7-10H,3-6H2,1-2H3. The summed E-state index contributed by atoms with van der Waals surface area (Å²) < 4.78 is 25.8. The van der Waals surface area contributed by atoms with Crippen LogP contribution < -0.4 is 0 Å². The summed E-state index contributed by atoms with van der Waals surface area (Å²) in [6.07, 6.45) is 4.23. The molecular formula is C13H18F2. The summed E-state index contributed by atoms with van der Waals surface area (Å²) in [6, 6.07) is 4.27. The Morgan fingerprint density at radius 1 is 1.00 bits per heavy atom. The van der Waals surface area contributed by atoms with Gasteiger partial charge in [-0.05, 0) is 36.5 Å². The van der Waals surface area contributed by atoms with Crippen LogP contribution in [0.15, 0.2) is 18.2 Å². The van der Waals surface area contributed by atoms with E-state index in [0.717, 1.165) is 31.2 Å². The normalized spacial score (nSPS) is 11.0. The van der Waals surface area contributed by atoms with Crippen LogP contribution in [0.25, 0.3) is 0 Å². The molecule has 0 bridgehead atoms. The molecule has 0 aromatic heterocycles. The van der Waals surface area contributed by atoms with E-state index in [0.29, 0.717) is 5.92 Å². The molecule has 0 amide bonds. The van der Waals surface area contributed by atoms with Crippen molar-refractivity contribution in [2.24, 2.45) is 0 Å². The number of benzene rings is 1. The van der Waals surface area contributed by atoms with Crippen molar-refractivity contribution < 1.29 is 8.78 Å². The van der Waals surface area contributed by atoms with E-state index in [2.05, 4.69) is 13.8 Å². The summed E-state index contributed by atoms with van der Waals surface area (Å²) in [5, 5.41) is 0. The summed E-state index contributed by atoms with van der Waals surface area (Å²) in [7, 11) is 0. The van der Waals surface area contributed by atoms with Crippen molar-refractivity contribution >= 4 is 0 Å². The maximum absolute atomic E-state index is 13.0. The van der Waals surface area contributed by atoms with Gasteiger partial charge in [-0.25, -0.2) is 8.78 Å². The van der Waals surface area contributed by atoms with Crippen molar-refractivity contribution in [3.05, 3.63) is 35.4 Å². The Balaban J connectivity index is 2.85. The molecule has 0 saturated heterocycles. The van der Waals surface area contributed by atoms with Gasteiger partial charge in [-0.2, -0.15) is 0 Å². The molecule has 0 unspecified atom stereocenters. The first-order chi connectivity index (χ1) is 7.19. The highest BCUT2D eigenvalue weighted by Gasteiger charge is 2.12. The molecule has 0 nitrogen and oxygen atoms in total. The lowest BCUT2D eigenvalue weighted by Crippen LogP contribution is -1.99. The van der Waals surface area contributed by atoms with Crippen LogP contribution in [0.2, 0.25) is 0 Å². The predicted octanol–water partition coefficient (Wildman–Crippen LogP) is 4.65. The number of hydrogen-bond acceptors (Lipinski definition) is 0. The van der Waals surface area contributed by atoms with Gasteiger partial charge in [0.25, 0.3) is 0 Å². The van der Waals surface area contributed by atoms with Gasteiger partial charge in [0, 0.05) is 0 Å². The Hall–Kier alpha value is -0.920. The van der Waals surface area contributed by atoms with Gasteiger partial charge in [0.05, 0.1) is 0 Å². The molecular weight excluding hydrogens is 194 g/mol. The summed E-state index contributed by atoms with van der Waals surface area (Å²) in [4.78, 5) is 0. The maximum atomic E-state index is 13.0. The van der Waals surface area contributed by atoms with E-state index >= 15 is 0 Å². The molecule has 1 rings (SSSR count). The highest BCUT2D eigenvalue weighted by Crippen LogP contribution is 2.27. The lowest BCUT2D eigenvalue weighted by molar-refractivity contribution is 0.499. The predicted molar refractivity (Wildman–Crippen MR) is 58.9 cm³/mol. The lowest BCUT2D eigenvalue weighted by Gasteiger charge is -2.15. The van der Waals surface area contributed by atoms with Gasteiger partial charge >= 0.3 is 0 Å². The minimum atomic E-state index is -0.759. The van der Waals surface area contributed by atoms with Crippen LogP contribution in [0.4, 0.5) is 8.78 Å². The lowest BCUT2D eigenvalue weighted by atomic mass is 9.90. The zero-order valence-electron chi connectivity index (χ0n) is 9.39. The summed E-state index contributed by atoms with van der Waals surface area (Å²) in [6.45, 7) is 4.23. The van der Waals surface area contributed by atoms with Crippen LogP contribution in [0.1, 0.15) is 51.0 Å². The van der Waals surface area contributed by atoms with Crippen molar-refractivity contribution in [3.8, 4) is 0 Å². The zero-order valence-corrected chi connectivity index (χ0v) is 9.39. The van der Waals surface area contributed by atoms with Crippen LogP contribution in [0, 0.1) is 11.6 Å². The summed E-state index contributed by atoms with van der Waals surface area (Å²) in [5.74, 6) is -1.12. The van der Waals surface area contributed by atoms with Crippen LogP contribution in [-0.4, -0.2) is 0 Å². The van der Waals surface area contributed by atoms with E-state index in [1.165, 1.54) is 12.1 Å². The van der Waals surface area contributed by atoms with Crippen LogP contribution in [-0.2, 0) is 0 Å². The van der Waals surface area contributed by atoms with Crippen molar-refractivity contribution in [3.63, 3.8) is 0 Å². The van der Waals surface area contributed by atoms with E-state index in [4.69, 9.17) is 0 Å². The number of rotatable bonds is 5. The third kappa shape index (κ3) is 3.29. The molecule has 0 fully saturated rings. The molecule has 0 aliphatic heterocycles. The second kappa shape index (κ2) is 5.84. The minimum Gasteiger partial charge on any atom is -0.204 e. The average molecular weight is 212 g/mol. The molecule has 0 aliphatic carbocycles. The molecule has 1 aromatic carbocycles. The van der Waals surface area contributed by atoms with Gasteiger partial charge in [0.15, 0.2) is 11.6 Å². The first-order valence-electron chi connectivity index (χ1n) is 5.64. The molecule has 0 radical (unpaired) electrons. The number of halogens is 2. The van der Waals surface area contributed by atoms with Crippen molar-refractivity contribution in [1.82, 2.24) is 0 Å². The third-order valence-electron chi connectivity index (χ3n) is 2.69. The Labute approximate surface area is 90.3 Å². The Bertz CT molecular complexity index is 301. The topological polar surface area (TPSA) is 0 Å². The second-order valence-corrected chi connectivity index (χ2v) is 3.95. The highest BCUT2D eigenvalue weighted by molar-refractivity contribution is 5.21. The largest absolute Gasteiger partial charge is 0.204 e.